The van der Waals surface area contributed by atoms with Crippen LogP contribution >= 0.6 is 11.6 Å². The third kappa shape index (κ3) is 2.99. The zero-order valence-electron chi connectivity index (χ0n) is 12.3. The predicted octanol–water partition coefficient (Wildman–Crippen LogP) is 1.48. The van der Waals surface area contributed by atoms with Gasteiger partial charge in [-0.1, -0.05) is 18.5 Å². The fourth-order valence-electron chi connectivity index (χ4n) is 2.80. The van der Waals surface area contributed by atoms with Crippen LogP contribution in [0, 0.1) is 5.92 Å². The molecule has 1 fully saturated rings. The van der Waals surface area contributed by atoms with Crippen molar-refractivity contribution in [2.75, 3.05) is 13.1 Å². The number of nitrogens with zero attached hydrogens (tertiary/aromatic N) is 2. The van der Waals surface area contributed by atoms with Crippen LogP contribution in [0.15, 0.2) is 9.59 Å². The van der Waals surface area contributed by atoms with Crippen LogP contribution in [-0.4, -0.2) is 33.6 Å². The Morgan fingerprint density at radius 1 is 1.40 bits per heavy atom. The molecule has 0 radical (unpaired) electrons. The maximum Gasteiger partial charge on any atom is 0.329 e. The molecule has 0 aliphatic carbocycles. The molecule has 2 heterocycles. The minimum atomic E-state index is -0.403. The first-order valence-electron chi connectivity index (χ1n) is 7.19. The number of aromatic nitrogens is 2. The summed E-state index contributed by atoms with van der Waals surface area (Å²) in [4.78, 5) is 29.2. The van der Waals surface area contributed by atoms with Gasteiger partial charge in [0.05, 0.1) is 5.56 Å². The van der Waals surface area contributed by atoms with Crippen molar-refractivity contribution >= 4 is 11.6 Å². The van der Waals surface area contributed by atoms with Gasteiger partial charge in [0.15, 0.2) is 0 Å². The fourth-order valence-corrected chi connectivity index (χ4v) is 3.09. The zero-order valence-corrected chi connectivity index (χ0v) is 13.0. The molecule has 1 saturated heterocycles. The molecule has 0 spiro atoms. The number of halogens is 1. The topological polar surface area (TPSA) is 58.1 Å². The van der Waals surface area contributed by atoms with Crippen molar-refractivity contribution < 1.29 is 0 Å². The first kappa shape index (κ1) is 15.3. The Hall–Kier alpha value is -1.07. The number of rotatable bonds is 4. The molecule has 0 saturated carbocycles. The quantitative estimate of drug-likeness (QED) is 0.857. The number of likely N-dealkylation sites (tertiary alicyclic amines) is 1. The van der Waals surface area contributed by atoms with Gasteiger partial charge in [-0.2, -0.15) is 0 Å². The molecule has 0 amide bonds. The van der Waals surface area contributed by atoms with Crippen molar-refractivity contribution in [3.05, 3.63) is 31.6 Å². The van der Waals surface area contributed by atoms with E-state index >= 15 is 0 Å². The van der Waals surface area contributed by atoms with Gasteiger partial charge in [0.25, 0.3) is 5.56 Å². The Morgan fingerprint density at radius 2 is 2.10 bits per heavy atom. The number of H-pyrrole nitrogens is 1. The summed E-state index contributed by atoms with van der Waals surface area (Å²) in [6.07, 6.45) is 1.55. The Bertz CT molecular complexity index is 591. The molecule has 0 bridgehead atoms. The molecule has 1 aliphatic rings. The van der Waals surface area contributed by atoms with E-state index in [2.05, 4.69) is 23.7 Å². The standard InChI is InChI=1S/C14H22ClN3O2/c1-4-11-12(15)16-14(20)18(13(11)19)8-10-5-6-17(7-10)9(2)3/h9-10H,4-8H2,1-3H3,(H,16,20). The summed E-state index contributed by atoms with van der Waals surface area (Å²) < 4.78 is 1.30. The molecule has 6 heteroatoms. The van der Waals surface area contributed by atoms with Gasteiger partial charge in [-0.3, -0.25) is 14.3 Å². The monoisotopic (exact) mass is 299 g/mol. The minimum Gasteiger partial charge on any atom is -0.301 e. The largest absolute Gasteiger partial charge is 0.329 e. The van der Waals surface area contributed by atoms with Crippen LogP contribution in [0.25, 0.3) is 0 Å². The first-order chi connectivity index (χ1) is 9.43. The van der Waals surface area contributed by atoms with E-state index in [9.17, 15) is 9.59 Å². The van der Waals surface area contributed by atoms with E-state index in [4.69, 9.17) is 11.6 Å². The molecule has 1 N–H and O–H groups in total. The lowest BCUT2D eigenvalue weighted by atomic mass is 10.1. The number of nitrogens with one attached hydrogen (secondary N) is 1. The molecule has 0 aromatic carbocycles. The second-order valence-corrected chi connectivity index (χ2v) is 6.11. The van der Waals surface area contributed by atoms with Crippen LogP contribution in [0.4, 0.5) is 0 Å². The highest BCUT2D eigenvalue weighted by Crippen LogP contribution is 2.19. The smallest absolute Gasteiger partial charge is 0.301 e. The van der Waals surface area contributed by atoms with Gasteiger partial charge in [-0.15, -0.1) is 0 Å². The lowest BCUT2D eigenvalue weighted by molar-refractivity contribution is 0.259. The van der Waals surface area contributed by atoms with Crippen molar-refractivity contribution in [1.82, 2.24) is 14.5 Å². The fraction of sp³-hybridized carbons (Fsp3) is 0.714. The molecule has 1 aromatic rings. The van der Waals surface area contributed by atoms with E-state index in [1.54, 1.807) is 0 Å². The van der Waals surface area contributed by atoms with Crippen LogP contribution in [0.2, 0.25) is 5.15 Å². The van der Waals surface area contributed by atoms with Gasteiger partial charge in [-0.05, 0) is 39.2 Å². The molecule has 1 unspecified atom stereocenters. The lowest BCUT2D eigenvalue weighted by Gasteiger charge is -2.20. The summed E-state index contributed by atoms with van der Waals surface area (Å²) >= 11 is 5.91. The van der Waals surface area contributed by atoms with Crippen molar-refractivity contribution in [1.29, 1.82) is 0 Å². The Morgan fingerprint density at radius 3 is 2.65 bits per heavy atom. The predicted molar refractivity (Wildman–Crippen MR) is 80.5 cm³/mol. The third-order valence-electron chi connectivity index (χ3n) is 4.07. The highest BCUT2D eigenvalue weighted by molar-refractivity contribution is 6.30. The van der Waals surface area contributed by atoms with Gasteiger partial charge < -0.3 is 4.90 Å². The van der Waals surface area contributed by atoms with Crippen LogP contribution in [0.3, 0.4) is 0 Å². The van der Waals surface area contributed by atoms with E-state index in [1.807, 2.05) is 6.92 Å². The van der Waals surface area contributed by atoms with E-state index in [-0.39, 0.29) is 10.7 Å². The highest BCUT2D eigenvalue weighted by atomic mass is 35.5. The summed E-state index contributed by atoms with van der Waals surface area (Å²) in [5.41, 5.74) is -0.158. The molecule has 5 nitrogen and oxygen atoms in total. The highest BCUT2D eigenvalue weighted by Gasteiger charge is 2.25. The summed E-state index contributed by atoms with van der Waals surface area (Å²) in [5, 5.41) is 0.175. The van der Waals surface area contributed by atoms with Gasteiger partial charge >= 0.3 is 5.69 Å². The van der Waals surface area contributed by atoms with Gasteiger partial charge in [0.1, 0.15) is 5.15 Å². The molecule has 1 aromatic heterocycles. The Labute approximate surface area is 123 Å². The van der Waals surface area contributed by atoms with Crippen molar-refractivity contribution in [3.8, 4) is 0 Å². The Kier molecular flexibility index (Phi) is 4.70. The lowest BCUT2D eigenvalue weighted by Crippen LogP contribution is -2.39. The van der Waals surface area contributed by atoms with Crippen molar-refractivity contribution in [3.63, 3.8) is 0 Å². The summed E-state index contributed by atoms with van der Waals surface area (Å²) in [6, 6.07) is 0.506. The number of hydrogen-bond acceptors (Lipinski definition) is 3. The van der Waals surface area contributed by atoms with E-state index in [0.717, 1.165) is 19.5 Å². The third-order valence-corrected chi connectivity index (χ3v) is 4.39. The minimum absolute atomic E-state index is 0.175. The molecule has 20 heavy (non-hydrogen) atoms. The summed E-state index contributed by atoms with van der Waals surface area (Å²) in [7, 11) is 0. The Balaban J connectivity index is 2.23. The van der Waals surface area contributed by atoms with Crippen LogP contribution in [-0.2, 0) is 13.0 Å². The summed E-state index contributed by atoms with van der Waals surface area (Å²) in [5.74, 6) is 0.349. The van der Waals surface area contributed by atoms with Crippen LogP contribution in [0.1, 0.15) is 32.8 Å². The zero-order chi connectivity index (χ0) is 14.9. The molecule has 112 valence electrons. The second-order valence-electron chi connectivity index (χ2n) is 5.74. The average molecular weight is 300 g/mol. The van der Waals surface area contributed by atoms with E-state index in [1.165, 1.54) is 4.57 Å². The van der Waals surface area contributed by atoms with Crippen molar-refractivity contribution in [2.45, 2.75) is 46.2 Å². The SMILES string of the molecule is CCc1c(Cl)[nH]c(=O)n(CC2CCN(C(C)C)C2)c1=O. The number of hydrogen-bond donors (Lipinski definition) is 1. The maximum atomic E-state index is 12.3. The molecule has 1 aliphatic heterocycles. The molecular formula is C14H22ClN3O2. The van der Waals surface area contributed by atoms with Crippen molar-refractivity contribution in [2.24, 2.45) is 5.92 Å². The second kappa shape index (κ2) is 6.14. The molecule has 2 rings (SSSR count). The molecule has 1 atom stereocenters. The normalized spacial score (nSPS) is 19.9. The molecular weight excluding hydrogens is 278 g/mol. The summed E-state index contributed by atoms with van der Waals surface area (Å²) in [6.45, 7) is 8.64. The first-order valence-corrected chi connectivity index (χ1v) is 7.57. The average Bonchev–Trinajstić information content (AvgIpc) is 2.83. The van der Waals surface area contributed by atoms with E-state index < -0.39 is 5.69 Å². The van der Waals surface area contributed by atoms with Gasteiger partial charge in [-0.25, -0.2) is 4.79 Å². The number of aromatic amines is 1. The van der Waals surface area contributed by atoms with Crippen LogP contribution < -0.4 is 11.2 Å². The maximum absolute atomic E-state index is 12.3. The van der Waals surface area contributed by atoms with Crippen LogP contribution in [0.5, 0.6) is 0 Å². The van der Waals surface area contributed by atoms with Gasteiger partial charge in [0.2, 0.25) is 0 Å². The van der Waals surface area contributed by atoms with Gasteiger partial charge in [0, 0.05) is 19.1 Å². The van der Waals surface area contributed by atoms with E-state index in [0.29, 0.717) is 30.5 Å².